The summed E-state index contributed by atoms with van der Waals surface area (Å²) in [6, 6.07) is 9.12. The van der Waals surface area contributed by atoms with Crippen LogP contribution < -0.4 is 0 Å². The highest BCUT2D eigenvalue weighted by Gasteiger charge is 2.39. The molecule has 2 unspecified atom stereocenters. The van der Waals surface area contributed by atoms with Gasteiger partial charge in [0.15, 0.2) is 0 Å². The number of hydrogen-bond donors (Lipinski definition) is 0. The van der Waals surface area contributed by atoms with Crippen LogP contribution in [0, 0.1) is 0 Å². The van der Waals surface area contributed by atoms with E-state index in [0.29, 0.717) is 19.6 Å². The molecule has 2 rings (SSSR count). The molecule has 6 heteroatoms. The molecule has 0 saturated carbocycles. The number of amides is 1. The summed E-state index contributed by atoms with van der Waals surface area (Å²) < 4.78 is 16.1. The number of hydrogen-bond acceptors (Lipinski definition) is 5. The summed E-state index contributed by atoms with van der Waals surface area (Å²) in [5.41, 5.74) is 0.918. The Hall–Kier alpha value is -2.34. The summed E-state index contributed by atoms with van der Waals surface area (Å²) in [5, 5.41) is 0. The van der Waals surface area contributed by atoms with Gasteiger partial charge in [0.1, 0.15) is 13.2 Å². The van der Waals surface area contributed by atoms with Gasteiger partial charge in [-0.05, 0) is 12.0 Å². The first-order chi connectivity index (χ1) is 11.6. The lowest BCUT2D eigenvalue weighted by Gasteiger charge is -2.27. The first-order valence-electron chi connectivity index (χ1n) is 7.95. The lowest BCUT2D eigenvalue weighted by atomic mass is 10.2. The molecule has 0 aromatic heterocycles. The summed E-state index contributed by atoms with van der Waals surface area (Å²) in [5.74, 6) is -0.387. The van der Waals surface area contributed by atoms with Gasteiger partial charge in [-0.2, -0.15) is 0 Å². The van der Waals surface area contributed by atoms with Gasteiger partial charge < -0.3 is 14.2 Å². The number of benzene rings is 1. The van der Waals surface area contributed by atoms with Crippen molar-refractivity contribution in [3.8, 4) is 0 Å². The number of nitrogens with zero attached hydrogens (tertiary/aromatic N) is 1. The van der Waals surface area contributed by atoms with Gasteiger partial charge in [-0.25, -0.2) is 4.79 Å². The van der Waals surface area contributed by atoms with Crippen LogP contribution in [-0.2, 0) is 25.6 Å². The fourth-order valence-electron chi connectivity index (χ4n) is 2.64. The third kappa shape index (κ3) is 5.09. The minimum Gasteiger partial charge on any atom is -0.464 e. The van der Waals surface area contributed by atoms with Gasteiger partial charge in [-0.15, -0.1) is 6.58 Å². The lowest BCUT2D eigenvalue weighted by Crippen LogP contribution is -2.44. The molecule has 1 amide bonds. The molecular weight excluding hydrogens is 310 g/mol. The monoisotopic (exact) mass is 333 g/mol. The van der Waals surface area contributed by atoms with Crippen LogP contribution in [-0.4, -0.2) is 48.9 Å². The van der Waals surface area contributed by atoms with E-state index in [4.69, 9.17) is 14.2 Å². The molecule has 2 atom stereocenters. The number of ether oxygens (including phenoxy) is 3. The molecule has 1 aliphatic heterocycles. The highest BCUT2D eigenvalue weighted by atomic mass is 16.6. The summed E-state index contributed by atoms with van der Waals surface area (Å²) in [6.07, 6.45) is 1.69. The summed E-state index contributed by atoms with van der Waals surface area (Å²) in [4.78, 5) is 25.0. The van der Waals surface area contributed by atoms with E-state index in [9.17, 15) is 9.59 Å². The van der Waals surface area contributed by atoms with Crippen molar-refractivity contribution >= 4 is 12.1 Å². The fraction of sp³-hybridized carbons (Fsp3) is 0.444. The van der Waals surface area contributed by atoms with E-state index in [1.54, 1.807) is 11.0 Å². The van der Waals surface area contributed by atoms with Crippen LogP contribution >= 0.6 is 0 Å². The largest absolute Gasteiger partial charge is 0.464 e. The van der Waals surface area contributed by atoms with Crippen molar-refractivity contribution in [3.63, 3.8) is 0 Å². The van der Waals surface area contributed by atoms with Gasteiger partial charge in [0.05, 0.1) is 18.8 Å². The van der Waals surface area contributed by atoms with E-state index in [1.165, 1.54) is 6.92 Å². The van der Waals surface area contributed by atoms with Crippen molar-refractivity contribution < 1.29 is 23.8 Å². The van der Waals surface area contributed by atoms with Gasteiger partial charge >= 0.3 is 12.1 Å². The molecule has 130 valence electrons. The molecule has 0 radical (unpaired) electrons. The van der Waals surface area contributed by atoms with Gasteiger partial charge in [-0.3, -0.25) is 9.69 Å². The minimum atomic E-state index is -0.430. The SMILES string of the molecule is C=CCOC1CCN(C(=O)OCc2ccccc2)C1COC(C)=O. The second-order valence-corrected chi connectivity index (χ2v) is 5.55. The van der Waals surface area contributed by atoms with Crippen LogP contribution in [0.2, 0.25) is 0 Å². The van der Waals surface area contributed by atoms with Crippen LogP contribution in [0.25, 0.3) is 0 Å². The third-order valence-corrected chi connectivity index (χ3v) is 3.81. The fourth-order valence-corrected chi connectivity index (χ4v) is 2.64. The maximum atomic E-state index is 12.4. The second kappa shape index (κ2) is 9.08. The van der Waals surface area contributed by atoms with Gasteiger partial charge in [0, 0.05) is 13.5 Å². The van der Waals surface area contributed by atoms with Crippen molar-refractivity contribution in [3.05, 3.63) is 48.6 Å². The van der Waals surface area contributed by atoms with Crippen molar-refractivity contribution in [2.75, 3.05) is 19.8 Å². The quantitative estimate of drug-likeness (QED) is 0.567. The zero-order valence-electron chi connectivity index (χ0n) is 13.8. The van der Waals surface area contributed by atoms with E-state index in [1.807, 2.05) is 30.3 Å². The van der Waals surface area contributed by atoms with Crippen LogP contribution in [0.4, 0.5) is 4.79 Å². The van der Waals surface area contributed by atoms with Crippen molar-refractivity contribution in [1.82, 2.24) is 4.90 Å². The normalized spacial score (nSPS) is 19.8. The second-order valence-electron chi connectivity index (χ2n) is 5.55. The van der Waals surface area contributed by atoms with Crippen LogP contribution in [0.5, 0.6) is 0 Å². The molecule has 1 fully saturated rings. The van der Waals surface area contributed by atoms with Crippen molar-refractivity contribution in [1.29, 1.82) is 0 Å². The Labute approximate surface area is 142 Å². The molecule has 0 bridgehead atoms. The summed E-state index contributed by atoms with van der Waals surface area (Å²) >= 11 is 0. The topological polar surface area (TPSA) is 65.1 Å². The number of rotatable bonds is 7. The molecular formula is C18H23NO5. The van der Waals surface area contributed by atoms with E-state index >= 15 is 0 Å². The average Bonchev–Trinajstić information content (AvgIpc) is 2.99. The predicted molar refractivity (Wildman–Crippen MR) is 88.3 cm³/mol. The highest BCUT2D eigenvalue weighted by Crippen LogP contribution is 2.23. The van der Waals surface area contributed by atoms with E-state index in [-0.39, 0.29) is 31.3 Å². The van der Waals surface area contributed by atoms with Gasteiger partial charge in [-0.1, -0.05) is 36.4 Å². The first kappa shape index (κ1) is 18.0. The van der Waals surface area contributed by atoms with Crippen molar-refractivity contribution in [2.45, 2.75) is 32.1 Å². The van der Waals surface area contributed by atoms with Gasteiger partial charge in [0.25, 0.3) is 0 Å². The molecule has 0 spiro atoms. The van der Waals surface area contributed by atoms with Crippen LogP contribution in [0.3, 0.4) is 0 Å². The van der Waals surface area contributed by atoms with Crippen molar-refractivity contribution in [2.24, 2.45) is 0 Å². The van der Waals surface area contributed by atoms with Crippen LogP contribution in [0.15, 0.2) is 43.0 Å². The summed E-state index contributed by atoms with van der Waals surface area (Å²) in [7, 11) is 0. The molecule has 6 nitrogen and oxygen atoms in total. The average molecular weight is 333 g/mol. The molecule has 1 aromatic carbocycles. The number of carbonyl (C=O) groups excluding carboxylic acids is 2. The maximum absolute atomic E-state index is 12.4. The Kier molecular flexibility index (Phi) is 6.81. The highest BCUT2D eigenvalue weighted by molar-refractivity contribution is 5.69. The standard InChI is InChI=1S/C18H23NO5/c1-3-11-22-17-9-10-19(16(17)13-23-14(2)20)18(21)24-12-15-7-5-4-6-8-15/h3-8,16-17H,1,9-13H2,2H3. The molecule has 0 aliphatic carbocycles. The molecule has 1 heterocycles. The molecule has 0 N–H and O–H groups in total. The first-order valence-corrected chi connectivity index (χ1v) is 7.95. The number of esters is 1. The van der Waals surface area contributed by atoms with E-state index in [2.05, 4.69) is 6.58 Å². The third-order valence-electron chi connectivity index (χ3n) is 3.81. The van der Waals surface area contributed by atoms with Crippen LogP contribution in [0.1, 0.15) is 18.9 Å². The maximum Gasteiger partial charge on any atom is 0.410 e. The zero-order chi connectivity index (χ0) is 17.4. The molecule has 1 aliphatic rings. The van der Waals surface area contributed by atoms with E-state index in [0.717, 1.165) is 5.56 Å². The predicted octanol–water partition coefficient (Wildman–Crippen LogP) is 2.53. The zero-order valence-corrected chi connectivity index (χ0v) is 13.8. The minimum absolute atomic E-state index is 0.0948. The smallest absolute Gasteiger partial charge is 0.410 e. The molecule has 1 saturated heterocycles. The Morgan fingerprint density at radius 1 is 1.29 bits per heavy atom. The van der Waals surface area contributed by atoms with Gasteiger partial charge in [0.2, 0.25) is 0 Å². The lowest BCUT2D eigenvalue weighted by molar-refractivity contribution is -0.143. The molecule has 24 heavy (non-hydrogen) atoms. The molecule has 1 aromatic rings. The number of carbonyl (C=O) groups is 2. The Morgan fingerprint density at radius 3 is 2.71 bits per heavy atom. The van der Waals surface area contributed by atoms with E-state index < -0.39 is 6.09 Å². The number of likely N-dealkylation sites (tertiary alicyclic amines) is 1. The Bertz CT molecular complexity index is 560. The Morgan fingerprint density at radius 2 is 2.04 bits per heavy atom. The Balaban J connectivity index is 1.95. The summed E-state index contributed by atoms with van der Waals surface area (Å²) in [6.45, 7) is 6.14.